The minimum atomic E-state index is -3.80. The van der Waals surface area contributed by atoms with E-state index in [-0.39, 0.29) is 29.4 Å². The Hall–Kier alpha value is -1.79. The molecule has 3 rings (SSSR count). The number of rotatable bonds is 9. The fourth-order valence-electron chi connectivity index (χ4n) is 3.40. The van der Waals surface area contributed by atoms with Gasteiger partial charge in [-0.25, -0.2) is 16.8 Å². The molecule has 1 fully saturated rings. The fraction of sp³-hybridized carbons (Fsp3) is 0.381. The number of carbonyl (C=O) groups is 1. The number of hydrogen-bond donors (Lipinski definition) is 1. The van der Waals surface area contributed by atoms with Crippen molar-refractivity contribution in [2.45, 2.75) is 36.1 Å². The fourth-order valence-corrected chi connectivity index (χ4v) is 6.58. The smallest absolute Gasteiger partial charge is 0.243 e. The number of nitrogens with zero attached hydrogens (tertiary/aromatic N) is 2. The summed E-state index contributed by atoms with van der Waals surface area (Å²) in [6.45, 7) is 2.75. The van der Waals surface area contributed by atoms with Crippen LogP contribution < -0.4 is 5.32 Å². The van der Waals surface area contributed by atoms with Gasteiger partial charge in [0, 0.05) is 30.7 Å². The van der Waals surface area contributed by atoms with Gasteiger partial charge in [-0.15, -0.1) is 0 Å². The second-order valence-corrected chi connectivity index (χ2v) is 12.2. The quantitative estimate of drug-likeness (QED) is 0.523. The molecule has 8 nitrogen and oxygen atoms in total. The summed E-state index contributed by atoms with van der Waals surface area (Å²) in [4.78, 5) is 12.7. The van der Waals surface area contributed by atoms with Crippen LogP contribution in [0.2, 0.25) is 0 Å². The predicted molar refractivity (Wildman–Crippen MR) is 125 cm³/mol. The Bertz CT molecular complexity index is 1140. The van der Waals surface area contributed by atoms with Crippen molar-refractivity contribution in [3.05, 3.63) is 58.6 Å². The maximum absolute atomic E-state index is 12.8. The Morgan fingerprint density at radius 3 is 2.09 bits per heavy atom. The van der Waals surface area contributed by atoms with E-state index in [1.54, 1.807) is 31.2 Å². The lowest BCUT2D eigenvalue weighted by Gasteiger charge is -2.20. The molecule has 0 unspecified atom stereocenters. The highest BCUT2D eigenvalue weighted by atomic mass is 79.9. The van der Waals surface area contributed by atoms with E-state index in [0.29, 0.717) is 13.1 Å². The number of halogens is 1. The Morgan fingerprint density at radius 1 is 0.969 bits per heavy atom. The molecule has 2 aromatic rings. The molecular weight excluding hydrogens is 518 g/mol. The molecule has 1 saturated heterocycles. The Morgan fingerprint density at radius 2 is 1.53 bits per heavy atom. The minimum Gasteiger partial charge on any atom is -0.351 e. The van der Waals surface area contributed by atoms with Crippen molar-refractivity contribution in [3.63, 3.8) is 0 Å². The van der Waals surface area contributed by atoms with Gasteiger partial charge < -0.3 is 5.32 Å². The SMILES string of the molecule is CCN(CC(=O)NCc1ccc(S(=O)(=O)N2CCCC2)cc1)S(=O)(=O)c1ccc(Br)cc1. The van der Waals surface area contributed by atoms with Gasteiger partial charge in [-0.1, -0.05) is 35.0 Å². The highest BCUT2D eigenvalue weighted by molar-refractivity contribution is 9.10. The number of sulfonamides is 2. The zero-order chi connectivity index (χ0) is 23.4. The van der Waals surface area contributed by atoms with Crippen LogP contribution >= 0.6 is 15.9 Å². The zero-order valence-electron chi connectivity index (χ0n) is 17.7. The summed E-state index contributed by atoms with van der Waals surface area (Å²) in [7, 11) is -7.28. The number of hydrogen-bond acceptors (Lipinski definition) is 5. The molecule has 0 radical (unpaired) electrons. The number of amides is 1. The first kappa shape index (κ1) is 24.8. The standard InChI is InChI=1S/C21H26BrN3O5S2/c1-2-24(31(27,28)20-11-7-18(22)8-12-20)16-21(26)23-15-17-5-9-19(10-6-17)32(29,30)25-13-3-4-14-25/h5-12H,2-4,13-16H2,1H3,(H,23,26). The lowest BCUT2D eigenvalue weighted by Crippen LogP contribution is -2.40. The number of nitrogens with one attached hydrogen (secondary N) is 1. The van der Waals surface area contributed by atoms with Gasteiger partial charge >= 0.3 is 0 Å². The molecule has 0 aromatic heterocycles. The molecule has 0 bridgehead atoms. The third kappa shape index (κ3) is 5.76. The van der Waals surface area contributed by atoms with Gasteiger partial charge in [-0.2, -0.15) is 8.61 Å². The molecule has 0 spiro atoms. The molecule has 1 N–H and O–H groups in total. The molecule has 0 aliphatic carbocycles. The molecule has 1 amide bonds. The van der Waals surface area contributed by atoms with Crippen LogP contribution in [0.3, 0.4) is 0 Å². The predicted octanol–water partition coefficient (Wildman–Crippen LogP) is 2.56. The number of benzene rings is 2. The summed E-state index contributed by atoms with van der Waals surface area (Å²) >= 11 is 3.27. The summed E-state index contributed by atoms with van der Waals surface area (Å²) in [6.07, 6.45) is 1.74. The van der Waals surface area contributed by atoms with E-state index in [1.165, 1.54) is 28.6 Å². The van der Waals surface area contributed by atoms with Gasteiger partial charge in [0.1, 0.15) is 0 Å². The van der Waals surface area contributed by atoms with Crippen LogP contribution in [0.5, 0.6) is 0 Å². The molecule has 32 heavy (non-hydrogen) atoms. The largest absolute Gasteiger partial charge is 0.351 e. The van der Waals surface area contributed by atoms with Crippen LogP contribution in [-0.2, 0) is 31.4 Å². The molecule has 11 heteroatoms. The Balaban J connectivity index is 1.59. The van der Waals surface area contributed by atoms with Crippen molar-refractivity contribution in [1.82, 2.24) is 13.9 Å². The number of carbonyl (C=O) groups excluding carboxylic acids is 1. The van der Waals surface area contributed by atoms with E-state index in [9.17, 15) is 21.6 Å². The zero-order valence-corrected chi connectivity index (χ0v) is 20.9. The third-order valence-corrected chi connectivity index (χ3v) is 9.62. The van der Waals surface area contributed by atoms with Crippen LogP contribution in [0, 0.1) is 0 Å². The second-order valence-electron chi connectivity index (χ2n) is 7.42. The minimum absolute atomic E-state index is 0.116. The summed E-state index contributed by atoms with van der Waals surface area (Å²) in [5.41, 5.74) is 0.720. The van der Waals surface area contributed by atoms with E-state index in [0.717, 1.165) is 27.2 Å². The van der Waals surface area contributed by atoms with E-state index in [4.69, 9.17) is 0 Å². The molecule has 2 aromatic carbocycles. The van der Waals surface area contributed by atoms with Crippen LogP contribution in [0.4, 0.5) is 0 Å². The maximum atomic E-state index is 12.8. The van der Waals surface area contributed by atoms with Gasteiger partial charge in [0.05, 0.1) is 16.3 Å². The van der Waals surface area contributed by atoms with Crippen molar-refractivity contribution >= 4 is 41.9 Å². The topological polar surface area (TPSA) is 104 Å². The van der Waals surface area contributed by atoms with Gasteiger partial charge in [-0.3, -0.25) is 4.79 Å². The van der Waals surface area contributed by atoms with Crippen molar-refractivity contribution in [2.75, 3.05) is 26.2 Å². The number of likely N-dealkylation sites (N-methyl/N-ethyl adjacent to an activating group) is 1. The van der Waals surface area contributed by atoms with Gasteiger partial charge in [0.15, 0.2) is 0 Å². The Kier molecular flexibility index (Phi) is 8.10. The van der Waals surface area contributed by atoms with E-state index < -0.39 is 26.0 Å². The molecular formula is C21H26BrN3O5S2. The van der Waals surface area contributed by atoms with E-state index in [1.807, 2.05) is 0 Å². The van der Waals surface area contributed by atoms with E-state index >= 15 is 0 Å². The lowest BCUT2D eigenvalue weighted by atomic mass is 10.2. The van der Waals surface area contributed by atoms with Gasteiger partial charge in [0.2, 0.25) is 26.0 Å². The van der Waals surface area contributed by atoms with Crippen LogP contribution in [0.25, 0.3) is 0 Å². The average Bonchev–Trinajstić information content (AvgIpc) is 3.32. The average molecular weight is 544 g/mol. The summed E-state index contributed by atoms with van der Waals surface area (Å²) in [6, 6.07) is 12.6. The summed E-state index contributed by atoms with van der Waals surface area (Å²) in [5, 5.41) is 2.70. The monoisotopic (exact) mass is 543 g/mol. The highest BCUT2D eigenvalue weighted by Gasteiger charge is 2.27. The first-order chi connectivity index (χ1) is 15.1. The van der Waals surface area contributed by atoms with E-state index in [2.05, 4.69) is 21.2 Å². The van der Waals surface area contributed by atoms with Crippen molar-refractivity contribution in [1.29, 1.82) is 0 Å². The molecule has 0 saturated carbocycles. The molecule has 0 atom stereocenters. The summed E-state index contributed by atoms with van der Waals surface area (Å²) < 4.78 is 54.1. The van der Waals surface area contributed by atoms with Crippen molar-refractivity contribution < 1.29 is 21.6 Å². The first-order valence-corrected chi connectivity index (χ1v) is 13.9. The normalized spacial score (nSPS) is 15.2. The second kappa shape index (κ2) is 10.4. The van der Waals surface area contributed by atoms with Gasteiger partial charge in [0.25, 0.3) is 0 Å². The highest BCUT2D eigenvalue weighted by Crippen LogP contribution is 2.21. The van der Waals surface area contributed by atoms with Gasteiger partial charge in [-0.05, 0) is 54.8 Å². The van der Waals surface area contributed by atoms with Crippen molar-refractivity contribution in [3.8, 4) is 0 Å². The molecule has 1 aliphatic heterocycles. The summed E-state index contributed by atoms with van der Waals surface area (Å²) in [5.74, 6) is -0.443. The molecule has 174 valence electrons. The lowest BCUT2D eigenvalue weighted by molar-refractivity contribution is -0.121. The third-order valence-electron chi connectivity index (χ3n) is 5.24. The van der Waals surface area contributed by atoms with Crippen LogP contribution in [-0.4, -0.2) is 57.5 Å². The van der Waals surface area contributed by atoms with Crippen LogP contribution in [0.15, 0.2) is 62.8 Å². The Labute approximate surface area is 197 Å². The maximum Gasteiger partial charge on any atom is 0.243 e. The van der Waals surface area contributed by atoms with Crippen molar-refractivity contribution in [2.24, 2.45) is 0 Å². The molecule has 1 heterocycles. The molecule has 1 aliphatic rings. The van der Waals surface area contributed by atoms with Crippen LogP contribution in [0.1, 0.15) is 25.3 Å². The first-order valence-electron chi connectivity index (χ1n) is 10.3.